The Morgan fingerprint density at radius 1 is 1.04 bits per heavy atom. The van der Waals surface area contributed by atoms with Crippen molar-refractivity contribution in [1.29, 1.82) is 0 Å². The molecular weight excluding hydrogens is 457 g/mol. The maximum absolute atomic E-state index is 13.5. The summed E-state index contributed by atoms with van der Waals surface area (Å²) in [7, 11) is 0. The normalized spacial score (nSPS) is 10.2. The summed E-state index contributed by atoms with van der Waals surface area (Å²) in [5.74, 6) is -0.921. The van der Waals surface area contributed by atoms with Crippen molar-refractivity contribution in [2.75, 3.05) is 17.2 Å². The first-order valence-corrected chi connectivity index (χ1v) is 9.09. The van der Waals surface area contributed by atoms with Gasteiger partial charge in [0.05, 0.1) is 11.3 Å². The molecule has 0 aliphatic heterocycles. The number of hydrogen-bond acceptors (Lipinski definition) is 2. The van der Waals surface area contributed by atoms with E-state index in [-0.39, 0.29) is 17.2 Å². The molecule has 8 heteroatoms. The maximum Gasteiger partial charge on any atom is 0.323 e. The summed E-state index contributed by atoms with van der Waals surface area (Å²) in [5, 5.41) is 7.85. The van der Waals surface area contributed by atoms with E-state index < -0.39 is 11.8 Å². The number of rotatable bonds is 5. The van der Waals surface area contributed by atoms with E-state index >= 15 is 0 Å². The van der Waals surface area contributed by atoms with Gasteiger partial charge in [0, 0.05) is 21.2 Å². The fourth-order valence-corrected chi connectivity index (χ4v) is 3.36. The number of carbonyl (C=O) groups excluding carboxylic acids is 2. The maximum atomic E-state index is 13.5. The van der Waals surface area contributed by atoms with Gasteiger partial charge in [-0.25, -0.2) is 9.18 Å². The summed E-state index contributed by atoms with van der Waals surface area (Å²) >= 11 is 6.66. The molecule has 25 heavy (non-hydrogen) atoms. The van der Waals surface area contributed by atoms with Crippen molar-refractivity contribution in [2.45, 2.75) is 13.3 Å². The number of hydrogen-bond donors (Lipinski definition) is 3. The molecular formula is C17H16Br2FN3O2. The molecule has 0 heterocycles. The fourth-order valence-electron chi connectivity index (χ4n) is 2.06. The molecule has 0 saturated carbocycles. The lowest BCUT2D eigenvalue weighted by molar-refractivity contribution is 0.0954. The molecule has 0 bridgehead atoms. The molecule has 2 aromatic rings. The van der Waals surface area contributed by atoms with Crippen LogP contribution in [0, 0.1) is 5.82 Å². The van der Waals surface area contributed by atoms with Crippen LogP contribution in [0.4, 0.5) is 20.6 Å². The van der Waals surface area contributed by atoms with Crippen molar-refractivity contribution in [3.63, 3.8) is 0 Å². The molecule has 0 radical (unpaired) electrons. The minimum atomic E-state index is -0.583. The minimum Gasteiger partial charge on any atom is -0.352 e. The Kier molecular flexibility index (Phi) is 6.95. The number of urea groups is 1. The molecule has 3 N–H and O–H groups in total. The third-order valence-corrected chi connectivity index (χ3v) is 4.05. The molecule has 2 aromatic carbocycles. The van der Waals surface area contributed by atoms with Gasteiger partial charge in [0.15, 0.2) is 0 Å². The van der Waals surface area contributed by atoms with Crippen LogP contribution in [-0.2, 0) is 0 Å². The predicted molar refractivity (Wildman–Crippen MR) is 104 cm³/mol. The number of halogens is 3. The standard InChI is InChI=1S/C17H16Br2FN3O2/c1-2-5-21-16(24)14-4-3-12(20)9-15(14)23-17(25)22-13-7-10(18)6-11(19)8-13/h3-4,6-9H,2,5H2,1H3,(H,21,24)(H2,22,23,25). The monoisotopic (exact) mass is 471 g/mol. The summed E-state index contributed by atoms with van der Waals surface area (Å²) in [6.07, 6.45) is 0.772. The lowest BCUT2D eigenvalue weighted by Gasteiger charge is -2.12. The Bertz CT molecular complexity index is 779. The third-order valence-electron chi connectivity index (χ3n) is 3.13. The minimum absolute atomic E-state index is 0.0974. The topological polar surface area (TPSA) is 70.2 Å². The van der Waals surface area contributed by atoms with Crippen LogP contribution in [-0.4, -0.2) is 18.5 Å². The first-order chi connectivity index (χ1) is 11.9. The van der Waals surface area contributed by atoms with Gasteiger partial charge in [-0.3, -0.25) is 4.79 Å². The molecule has 132 valence electrons. The predicted octanol–water partition coefficient (Wildman–Crippen LogP) is 5.13. The van der Waals surface area contributed by atoms with Gasteiger partial charge < -0.3 is 16.0 Å². The Morgan fingerprint density at radius 3 is 2.36 bits per heavy atom. The van der Waals surface area contributed by atoms with E-state index in [2.05, 4.69) is 47.8 Å². The van der Waals surface area contributed by atoms with Crippen molar-refractivity contribution in [3.8, 4) is 0 Å². The van der Waals surface area contributed by atoms with Crippen molar-refractivity contribution in [2.24, 2.45) is 0 Å². The average molecular weight is 473 g/mol. The Morgan fingerprint density at radius 2 is 1.72 bits per heavy atom. The molecule has 0 atom stereocenters. The molecule has 0 aromatic heterocycles. The molecule has 0 unspecified atom stereocenters. The Hall–Kier alpha value is -1.93. The highest BCUT2D eigenvalue weighted by molar-refractivity contribution is 9.11. The summed E-state index contributed by atoms with van der Waals surface area (Å²) in [6, 6.07) is 8.29. The number of amides is 3. The van der Waals surface area contributed by atoms with Gasteiger partial charge in [0.2, 0.25) is 0 Å². The highest BCUT2D eigenvalue weighted by Crippen LogP contribution is 2.24. The number of nitrogens with one attached hydrogen (secondary N) is 3. The van der Waals surface area contributed by atoms with Crippen LogP contribution < -0.4 is 16.0 Å². The van der Waals surface area contributed by atoms with Gasteiger partial charge in [0.25, 0.3) is 5.91 Å². The zero-order chi connectivity index (χ0) is 18.4. The highest BCUT2D eigenvalue weighted by Gasteiger charge is 2.14. The SMILES string of the molecule is CCCNC(=O)c1ccc(F)cc1NC(=O)Nc1cc(Br)cc(Br)c1. The van der Waals surface area contributed by atoms with Crippen molar-refractivity contribution < 1.29 is 14.0 Å². The van der Waals surface area contributed by atoms with E-state index in [0.29, 0.717) is 12.2 Å². The second-order valence-corrected chi connectivity index (χ2v) is 7.01. The van der Waals surface area contributed by atoms with E-state index in [1.54, 1.807) is 12.1 Å². The average Bonchev–Trinajstić information content (AvgIpc) is 2.51. The highest BCUT2D eigenvalue weighted by atomic mass is 79.9. The molecule has 5 nitrogen and oxygen atoms in total. The van der Waals surface area contributed by atoms with Gasteiger partial charge in [-0.2, -0.15) is 0 Å². The quantitative estimate of drug-likeness (QED) is 0.564. The van der Waals surface area contributed by atoms with Gasteiger partial charge in [-0.15, -0.1) is 0 Å². The second-order valence-electron chi connectivity index (χ2n) is 5.18. The molecule has 0 aliphatic carbocycles. The van der Waals surface area contributed by atoms with Crippen LogP contribution in [0.5, 0.6) is 0 Å². The zero-order valence-corrected chi connectivity index (χ0v) is 16.5. The number of benzene rings is 2. The number of carbonyl (C=O) groups is 2. The summed E-state index contributed by atoms with van der Waals surface area (Å²) in [6.45, 7) is 2.42. The lowest BCUT2D eigenvalue weighted by atomic mass is 10.1. The molecule has 0 spiro atoms. The fraction of sp³-hybridized carbons (Fsp3) is 0.176. The van der Waals surface area contributed by atoms with Crippen molar-refractivity contribution in [1.82, 2.24) is 5.32 Å². The summed E-state index contributed by atoms with van der Waals surface area (Å²) in [5.41, 5.74) is 0.827. The molecule has 3 amide bonds. The smallest absolute Gasteiger partial charge is 0.323 e. The van der Waals surface area contributed by atoms with E-state index in [1.807, 2.05) is 13.0 Å². The van der Waals surface area contributed by atoms with E-state index in [4.69, 9.17) is 0 Å². The molecule has 0 saturated heterocycles. The first-order valence-electron chi connectivity index (χ1n) is 7.51. The van der Waals surface area contributed by atoms with Crippen LogP contribution in [0.25, 0.3) is 0 Å². The van der Waals surface area contributed by atoms with Gasteiger partial charge in [-0.05, 0) is 42.8 Å². The van der Waals surface area contributed by atoms with Crippen LogP contribution in [0.2, 0.25) is 0 Å². The van der Waals surface area contributed by atoms with Crippen LogP contribution in [0.15, 0.2) is 45.3 Å². The summed E-state index contributed by atoms with van der Waals surface area (Å²) < 4.78 is 15.1. The Labute approximate surface area is 161 Å². The van der Waals surface area contributed by atoms with Crippen LogP contribution in [0.3, 0.4) is 0 Å². The zero-order valence-electron chi connectivity index (χ0n) is 13.3. The number of anilines is 2. The van der Waals surface area contributed by atoms with E-state index in [9.17, 15) is 14.0 Å². The van der Waals surface area contributed by atoms with Crippen molar-refractivity contribution in [3.05, 3.63) is 56.7 Å². The lowest BCUT2D eigenvalue weighted by Crippen LogP contribution is -2.27. The van der Waals surface area contributed by atoms with E-state index in [0.717, 1.165) is 21.4 Å². The first kappa shape index (κ1) is 19.4. The molecule has 2 rings (SSSR count). The van der Waals surface area contributed by atoms with Gasteiger partial charge in [-0.1, -0.05) is 38.8 Å². The molecule has 0 fully saturated rings. The van der Waals surface area contributed by atoms with Crippen molar-refractivity contribution >= 4 is 55.2 Å². The third kappa shape index (κ3) is 5.82. The molecule has 0 aliphatic rings. The van der Waals surface area contributed by atoms with Gasteiger partial charge >= 0.3 is 6.03 Å². The summed E-state index contributed by atoms with van der Waals surface area (Å²) in [4.78, 5) is 24.3. The van der Waals surface area contributed by atoms with Crippen LogP contribution in [0.1, 0.15) is 23.7 Å². The Balaban J connectivity index is 2.16. The van der Waals surface area contributed by atoms with E-state index in [1.165, 1.54) is 12.1 Å². The van der Waals surface area contributed by atoms with Gasteiger partial charge in [0.1, 0.15) is 5.82 Å². The van der Waals surface area contributed by atoms with Crippen LogP contribution >= 0.6 is 31.9 Å². The largest absolute Gasteiger partial charge is 0.352 e. The second kappa shape index (κ2) is 8.96.